The molecule has 2 N–H and O–H groups in total. The molecule has 0 unspecified atom stereocenters. The van der Waals surface area contributed by atoms with E-state index in [0.29, 0.717) is 17.1 Å². The number of aromatic nitrogens is 2. The number of hydrogen-bond acceptors (Lipinski definition) is 4. The van der Waals surface area contributed by atoms with E-state index in [1.165, 1.54) is 12.5 Å². The van der Waals surface area contributed by atoms with Crippen LogP contribution in [-0.4, -0.2) is 10.1 Å². The lowest BCUT2D eigenvalue weighted by atomic mass is 9.82. The van der Waals surface area contributed by atoms with Crippen LogP contribution in [0.25, 0.3) is 22.2 Å². The molecule has 0 saturated heterocycles. The Morgan fingerprint density at radius 3 is 2.52 bits per heavy atom. The lowest BCUT2D eigenvalue weighted by molar-refractivity contribution is 0.275. The highest BCUT2D eigenvalue weighted by atomic mass is 19.1. The Morgan fingerprint density at radius 2 is 1.74 bits per heavy atom. The van der Waals surface area contributed by atoms with Gasteiger partial charge in [0.1, 0.15) is 5.82 Å². The smallest absolute Gasteiger partial charge is 0.258 e. The van der Waals surface area contributed by atoms with E-state index in [0.717, 1.165) is 36.6 Å². The Bertz CT molecular complexity index is 852. The summed E-state index contributed by atoms with van der Waals surface area (Å²) in [6.07, 6.45) is 5.11. The molecule has 23 heavy (non-hydrogen) atoms. The molecule has 0 radical (unpaired) electrons. The van der Waals surface area contributed by atoms with E-state index in [1.807, 2.05) is 18.2 Å². The molecular weight excluding hydrogens is 293 g/mol. The van der Waals surface area contributed by atoms with Gasteiger partial charge in [-0.15, -0.1) is 0 Å². The van der Waals surface area contributed by atoms with Crippen molar-refractivity contribution in [2.45, 2.75) is 37.6 Å². The zero-order valence-electron chi connectivity index (χ0n) is 12.8. The summed E-state index contributed by atoms with van der Waals surface area (Å²) < 4.78 is 19.4. The highest BCUT2D eigenvalue weighted by Crippen LogP contribution is 2.35. The lowest BCUT2D eigenvalue weighted by Crippen LogP contribution is -2.39. The Balaban J connectivity index is 1.79. The molecular formula is C18H18FN3O. The van der Waals surface area contributed by atoms with Crippen molar-refractivity contribution in [1.82, 2.24) is 10.1 Å². The van der Waals surface area contributed by atoms with E-state index in [1.54, 1.807) is 12.1 Å². The van der Waals surface area contributed by atoms with Gasteiger partial charge in [-0.1, -0.05) is 48.7 Å². The van der Waals surface area contributed by atoms with Gasteiger partial charge in [0, 0.05) is 10.9 Å². The Morgan fingerprint density at radius 1 is 1.00 bits per heavy atom. The second kappa shape index (κ2) is 5.42. The predicted molar refractivity (Wildman–Crippen MR) is 86.1 cm³/mol. The molecule has 1 fully saturated rings. The van der Waals surface area contributed by atoms with Crippen molar-refractivity contribution >= 4 is 10.8 Å². The second-order valence-electron chi connectivity index (χ2n) is 6.28. The zero-order valence-corrected chi connectivity index (χ0v) is 12.8. The average molecular weight is 311 g/mol. The molecule has 3 aromatic rings. The van der Waals surface area contributed by atoms with E-state index in [2.05, 4.69) is 10.1 Å². The first-order chi connectivity index (χ1) is 11.2. The van der Waals surface area contributed by atoms with Gasteiger partial charge in [-0.25, -0.2) is 4.39 Å². The van der Waals surface area contributed by atoms with Gasteiger partial charge < -0.3 is 10.3 Å². The maximum absolute atomic E-state index is 14.0. The van der Waals surface area contributed by atoms with Crippen LogP contribution >= 0.6 is 0 Å². The van der Waals surface area contributed by atoms with Crippen molar-refractivity contribution < 1.29 is 8.91 Å². The van der Waals surface area contributed by atoms with Crippen molar-refractivity contribution in [3.63, 3.8) is 0 Å². The number of hydrogen-bond donors (Lipinski definition) is 1. The van der Waals surface area contributed by atoms with E-state index < -0.39 is 5.54 Å². The molecule has 1 aliphatic rings. The molecule has 0 atom stereocenters. The van der Waals surface area contributed by atoms with Crippen LogP contribution in [0.1, 0.15) is 37.9 Å². The summed E-state index contributed by atoms with van der Waals surface area (Å²) in [5.74, 6) is 0.693. The van der Waals surface area contributed by atoms with Crippen molar-refractivity contribution in [2.24, 2.45) is 5.73 Å². The molecule has 4 nitrogen and oxygen atoms in total. The van der Waals surface area contributed by atoms with Gasteiger partial charge in [0.25, 0.3) is 5.89 Å². The van der Waals surface area contributed by atoms with Crippen LogP contribution in [0.5, 0.6) is 0 Å². The average Bonchev–Trinajstić information content (AvgIpc) is 3.07. The zero-order chi connectivity index (χ0) is 15.9. The van der Waals surface area contributed by atoms with Crippen LogP contribution in [0.2, 0.25) is 0 Å². The quantitative estimate of drug-likeness (QED) is 0.772. The third-order valence-electron chi connectivity index (χ3n) is 4.72. The van der Waals surface area contributed by atoms with Crippen molar-refractivity contribution in [1.29, 1.82) is 0 Å². The first-order valence-corrected chi connectivity index (χ1v) is 7.98. The summed E-state index contributed by atoms with van der Waals surface area (Å²) in [7, 11) is 0. The second-order valence-corrected chi connectivity index (χ2v) is 6.28. The SMILES string of the molecule is NC1(c2noc(-c3ccc(F)c4ccccc34)n2)CCCCC1. The van der Waals surface area contributed by atoms with Gasteiger partial charge in [-0.2, -0.15) is 4.98 Å². The molecule has 0 amide bonds. The molecule has 2 aromatic carbocycles. The molecule has 1 aliphatic carbocycles. The number of nitrogens with two attached hydrogens (primary N) is 1. The maximum atomic E-state index is 14.0. The number of fused-ring (bicyclic) bond motifs is 1. The van der Waals surface area contributed by atoms with Crippen molar-refractivity contribution in [3.05, 3.63) is 48.0 Å². The molecule has 118 valence electrons. The molecule has 1 heterocycles. The number of benzene rings is 2. The molecule has 0 bridgehead atoms. The fraction of sp³-hybridized carbons (Fsp3) is 0.333. The highest BCUT2D eigenvalue weighted by Gasteiger charge is 2.34. The normalized spacial score (nSPS) is 17.5. The molecule has 1 saturated carbocycles. The minimum atomic E-state index is -0.504. The first kappa shape index (κ1) is 14.3. The maximum Gasteiger partial charge on any atom is 0.258 e. The van der Waals surface area contributed by atoms with Gasteiger partial charge >= 0.3 is 0 Å². The molecule has 1 aromatic heterocycles. The third kappa shape index (κ3) is 2.41. The minimum Gasteiger partial charge on any atom is -0.334 e. The summed E-state index contributed by atoms with van der Waals surface area (Å²) in [4.78, 5) is 4.53. The Hall–Kier alpha value is -2.27. The van der Waals surface area contributed by atoms with Gasteiger partial charge in [0.2, 0.25) is 0 Å². The molecule has 5 heteroatoms. The molecule has 0 spiro atoms. The third-order valence-corrected chi connectivity index (χ3v) is 4.72. The number of rotatable bonds is 2. The Labute approximate surface area is 133 Å². The van der Waals surface area contributed by atoms with Crippen LogP contribution in [0, 0.1) is 5.82 Å². The van der Waals surface area contributed by atoms with Crippen molar-refractivity contribution in [3.8, 4) is 11.5 Å². The predicted octanol–water partition coefficient (Wildman–Crippen LogP) is 4.15. The summed E-state index contributed by atoms with van der Waals surface area (Å²) in [5.41, 5.74) is 6.70. The summed E-state index contributed by atoms with van der Waals surface area (Å²) in [5, 5.41) is 5.42. The summed E-state index contributed by atoms with van der Waals surface area (Å²) in [6, 6.07) is 10.4. The highest BCUT2D eigenvalue weighted by molar-refractivity contribution is 5.95. The monoisotopic (exact) mass is 311 g/mol. The fourth-order valence-electron chi connectivity index (χ4n) is 3.39. The minimum absolute atomic E-state index is 0.258. The van der Waals surface area contributed by atoms with E-state index in [4.69, 9.17) is 10.3 Å². The topological polar surface area (TPSA) is 64.9 Å². The summed E-state index contributed by atoms with van der Waals surface area (Å²) >= 11 is 0. The van der Waals surface area contributed by atoms with E-state index >= 15 is 0 Å². The summed E-state index contributed by atoms with van der Waals surface area (Å²) in [6.45, 7) is 0. The van der Waals surface area contributed by atoms with E-state index in [-0.39, 0.29) is 5.82 Å². The van der Waals surface area contributed by atoms with Gasteiger partial charge in [-0.3, -0.25) is 0 Å². The van der Waals surface area contributed by atoms with E-state index in [9.17, 15) is 4.39 Å². The lowest BCUT2D eigenvalue weighted by Gasteiger charge is -2.29. The molecule has 4 rings (SSSR count). The molecule has 0 aliphatic heterocycles. The van der Waals surface area contributed by atoms with Crippen LogP contribution in [0.4, 0.5) is 4.39 Å². The van der Waals surface area contributed by atoms with Gasteiger partial charge in [0.05, 0.1) is 5.54 Å². The largest absolute Gasteiger partial charge is 0.334 e. The van der Waals surface area contributed by atoms with Crippen LogP contribution in [0.3, 0.4) is 0 Å². The van der Waals surface area contributed by atoms with Crippen LogP contribution in [0.15, 0.2) is 40.9 Å². The van der Waals surface area contributed by atoms with Crippen LogP contribution in [-0.2, 0) is 5.54 Å². The van der Waals surface area contributed by atoms with Crippen LogP contribution < -0.4 is 5.73 Å². The Kier molecular flexibility index (Phi) is 3.38. The fourth-order valence-corrected chi connectivity index (χ4v) is 3.39. The standard InChI is InChI=1S/C18H18FN3O/c19-15-9-8-14(12-6-2-3-7-13(12)15)16-21-17(22-23-16)18(20)10-4-1-5-11-18/h2-3,6-9H,1,4-5,10-11,20H2. The van der Waals surface area contributed by atoms with Gasteiger partial charge in [0.15, 0.2) is 5.82 Å². The number of nitrogens with zero attached hydrogens (tertiary/aromatic N) is 2. The number of halogens is 1. The first-order valence-electron chi connectivity index (χ1n) is 7.98. The van der Waals surface area contributed by atoms with Crippen molar-refractivity contribution in [2.75, 3.05) is 0 Å². The van der Waals surface area contributed by atoms with Gasteiger partial charge in [-0.05, 0) is 30.4 Å².